The second-order valence-electron chi connectivity index (χ2n) is 10.8. The lowest BCUT2D eigenvalue weighted by Gasteiger charge is -2.59. The summed E-state index contributed by atoms with van der Waals surface area (Å²) in [5.74, 6) is 2.61. The monoisotopic (exact) mass is 374 g/mol. The molecule has 1 spiro atoms. The van der Waals surface area contributed by atoms with Gasteiger partial charge in [-0.3, -0.25) is 0 Å². The molecule has 2 aliphatic heterocycles. The van der Waals surface area contributed by atoms with Crippen LogP contribution in [-0.4, -0.2) is 32.2 Å². The lowest BCUT2D eigenvalue weighted by Crippen LogP contribution is -2.57. The summed E-state index contributed by atoms with van der Waals surface area (Å²) in [5.41, 5.74) is 2.28. The van der Waals surface area contributed by atoms with E-state index in [1.54, 1.807) is 5.57 Å². The zero-order valence-corrected chi connectivity index (χ0v) is 17.8. The lowest BCUT2D eigenvalue weighted by molar-refractivity contribution is -0.289. The molecule has 0 aromatic heterocycles. The topological polar surface area (TPSA) is 27.7 Å². The second kappa shape index (κ2) is 6.31. The minimum atomic E-state index is -0.298. The van der Waals surface area contributed by atoms with Crippen molar-refractivity contribution in [2.45, 2.75) is 84.0 Å². The van der Waals surface area contributed by atoms with Gasteiger partial charge < -0.3 is 14.2 Å². The van der Waals surface area contributed by atoms with Gasteiger partial charge in [0, 0.05) is 18.9 Å². The first-order chi connectivity index (χ1) is 12.9. The van der Waals surface area contributed by atoms with E-state index in [0.29, 0.717) is 23.4 Å². The van der Waals surface area contributed by atoms with Gasteiger partial charge in [0.25, 0.3) is 0 Å². The summed E-state index contributed by atoms with van der Waals surface area (Å²) >= 11 is 0. The molecule has 0 aromatic rings. The van der Waals surface area contributed by atoms with Crippen LogP contribution in [0.25, 0.3) is 0 Å². The third kappa shape index (κ3) is 2.50. The summed E-state index contributed by atoms with van der Waals surface area (Å²) in [6.07, 6.45) is 12.9. The molecule has 0 bridgehead atoms. The van der Waals surface area contributed by atoms with Gasteiger partial charge >= 0.3 is 0 Å². The third-order valence-electron chi connectivity index (χ3n) is 9.72. The van der Waals surface area contributed by atoms with Crippen LogP contribution in [0.3, 0.4) is 0 Å². The summed E-state index contributed by atoms with van der Waals surface area (Å²) in [6, 6.07) is 0. The molecular formula is C24H38O3. The van der Waals surface area contributed by atoms with Gasteiger partial charge in [-0.25, -0.2) is 0 Å². The number of methoxy groups -OCH3 is 1. The average molecular weight is 375 g/mol. The Hall–Kier alpha value is -0.380. The van der Waals surface area contributed by atoms with Crippen molar-refractivity contribution in [2.24, 2.45) is 34.5 Å². The van der Waals surface area contributed by atoms with Gasteiger partial charge in [-0.15, -0.1) is 0 Å². The Bertz CT molecular complexity index is 619. The van der Waals surface area contributed by atoms with Crippen molar-refractivity contribution in [3.8, 4) is 0 Å². The van der Waals surface area contributed by atoms with E-state index < -0.39 is 0 Å². The highest BCUT2D eigenvalue weighted by molar-refractivity contribution is 5.26. The van der Waals surface area contributed by atoms with Crippen LogP contribution in [0.5, 0.6) is 0 Å². The van der Waals surface area contributed by atoms with Gasteiger partial charge in [-0.2, -0.15) is 0 Å². The predicted molar refractivity (Wildman–Crippen MR) is 106 cm³/mol. The first kappa shape index (κ1) is 18.6. The molecule has 0 N–H and O–H groups in total. The van der Waals surface area contributed by atoms with E-state index in [1.165, 1.54) is 38.5 Å². The molecule has 5 unspecified atom stereocenters. The molecule has 0 amide bonds. The Morgan fingerprint density at radius 2 is 1.81 bits per heavy atom. The maximum atomic E-state index is 6.57. The van der Waals surface area contributed by atoms with Crippen molar-refractivity contribution in [3.63, 3.8) is 0 Å². The van der Waals surface area contributed by atoms with Crippen LogP contribution in [0.2, 0.25) is 0 Å². The number of ether oxygens (including phenoxy) is 3. The normalized spacial score (nSPS) is 54.8. The average Bonchev–Trinajstić information content (AvgIpc) is 2.96. The van der Waals surface area contributed by atoms with Gasteiger partial charge in [0.1, 0.15) is 0 Å². The number of hydrogen-bond donors (Lipinski definition) is 0. The van der Waals surface area contributed by atoms with E-state index in [-0.39, 0.29) is 11.2 Å². The fourth-order valence-corrected chi connectivity index (χ4v) is 7.75. The molecule has 3 heteroatoms. The number of fused-ring (bicyclic) bond motifs is 6. The van der Waals surface area contributed by atoms with Crippen molar-refractivity contribution in [1.29, 1.82) is 0 Å². The van der Waals surface area contributed by atoms with E-state index in [1.807, 2.05) is 7.11 Å². The zero-order valence-electron chi connectivity index (χ0n) is 17.8. The zero-order chi connectivity index (χ0) is 18.9. The standard InChI is InChI=1S/C24H38O3/c1-16-7-12-24(26-14-16)23(3)11-9-20-19(21(23)15-27-24)6-5-17-13-18(25-4)8-10-22(17,20)2/h5,16,18-21H,6-15H2,1-4H3/t16?,18?,19?,20?,21?,22-,23-,24+/m0/s1. The molecule has 2 heterocycles. The fraction of sp³-hybridized carbons (Fsp3) is 0.917. The molecule has 8 atom stereocenters. The Morgan fingerprint density at radius 1 is 1.00 bits per heavy atom. The van der Waals surface area contributed by atoms with E-state index in [0.717, 1.165) is 37.9 Å². The van der Waals surface area contributed by atoms with Crippen LogP contribution >= 0.6 is 0 Å². The van der Waals surface area contributed by atoms with Crippen LogP contribution in [0.15, 0.2) is 11.6 Å². The lowest BCUT2D eigenvalue weighted by atomic mass is 9.46. The largest absolute Gasteiger partial charge is 0.381 e. The van der Waals surface area contributed by atoms with Crippen LogP contribution in [0, 0.1) is 34.5 Å². The van der Waals surface area contributed by atoms with Crippen molar-refractivity contribution >= 4 is 0 Å². The maximum absolute atomic E-state index is 6.57. The highest BCUT2D eigenvalue weighted by atomic mass is 16.7. The highest BCUT2D eigenvalue weighted by Crippen LogP contribution is 2.67. The van der Waals surface area contributed by atoms with Crippen molar-refractivity contribution in [2.75, 3.05) is 20.3 Å². The summed E-state index contributed by atoms with van der Waals surface area (Å²) < 4.78 is 18.8. The van der Waals surface area contributed by atoms with E-state index >= 15 is 0 Å². The fourth-order valence-electron chi connectivity index (χ4n) is 7.75. The van der Waals surface area contributed by atoms with Crippen LogP contribution < -0.4 is 0 Å². The minimum absolute atomic E-state index is 0.194. The summed E-state index contributed by atoms with van der Waals surface area (Å²) in [5, 5.41) is 0. The molecule has 152 valence electrons. The van der Waals surface area contributed by atoms with Crippen molar-refractivity contribution in [1.82, 2.24) is 0 Å². The summed E-state index contributed by atoms with van der Waals surface area (Å²) in [6.45, 7) is 9.15. The third-order valence-corrected chi connectivity index (χ3v) is 9.72. The Balaban J connectivity index is 1.43. The number of hydrogen-bond acceptors (Lipinski definition) is 3. The Kier molecular flexibility index (Phi) is 4.35. The smallest absolute Gasteiger partial charge is 0.173 e. The SMILES string of the molecule is COC1CC[C@@]2(C)C(=CCC3C2CC[C@@]2(C)C3CO[C@]23CCC(C)CO3)C1. The van der Waals surface area contributed by atoms with Crippen LogP contribution in [0.1, 0.15) is 72.1 Å². The van der Waals surface area contributed by atoms with Gasteiger partial charge in [-0.05, 0) is 74.0 Å². The quantitative estimate of drug-likeness (QED) is 0.580. The van der Waals surface area contributed by atoms with Gasteiger partial charge in [-0.1, -0.05) is 32.4 Å². The highest BCUT2D eigenvalue weighted by Gasteiger charge is 2.66. The van der Waals surface area contributed by atoms with Crippen LogP contribution in [-0.2, 0) is 14.2 Å². The number of allylic oxidation sites excluding steroid dienone is 1. The van der Waals surface area contributed by atoms with Crippen molar-refractivity contribution in [3.05, 3.63) is 11.6 Å². The molecular weight excluding hydrogens is 336 g/mol. The second-order valence-corrected chi connectivity index (χ2v) is 10.8. The van der Waals surface area contributed by atoms with Crippen molar-refractivity contribution < 1.29 is 14.2 Å². The van der Waals surface area contributed by atoms with Gasteiger partial charge in [0.05, 0.1) is 19.3 Å². The van der Waals surface area contributed by atoms with Gasteiger partial charge in [0.15, 0.2) is 5.79 Å². The molecule has 27 heavy (non-hydrogen) atoms. The van der Waals surface area contributed by atoms with E-state index in [9.17, 15) is 0 Å². The first-order valence-electron chi connectivity index (χ1n) is 11.4. The first-order valence-corrected chi connectivity index (χ1v) is 11.4. The van der Waals surface area contributed by atoms with Crippen LogP contribution in [0.4, 0.5) is 0 Å². The molecule has 5 aliphatic rings. The summed E-state index contributed by atoms with van der Waals surface area (Å²) in [4.78, 5) is 0. The molecule has 4 fully saturated rings. The molecule has 5 rings (SSSR count). The molecule has 3 nitrogen and oxygen atoms in total. The van der Waals surface area contributed by atoms with E-state index in [2.05, 4.69) is 26.8 Å². The molecule has 3 aliphatic carbocycles. The summed E-state index contributed by atoms with van der Waals surface area (Å²) in [7, 11) is 1.88. The maximum Gasteiger partial charge on any atom is 0.173 e. The Morgan fingerprint density at radius 3 is 2.56 bits per heavy atom. The number of rotatable bonds is 1. The Labute approximate surface area is 165 Å². The van der Waals surface area contributed by atoms with Gasteiger partial charge in [0.2, 0.25) is 0 Å². The molecule has 0 radical (unpaired) electrons. The van der Waals surface area contributed by atoms with E-state index in [4.69, 9.17) is 14.2 Å². The molecule has 2 saturated carbocycles. The molecule has 0 aromatic carbocycles. The molecule has 2 saturated heterocycles. The minimum Gasteiger partial charge on any atom is -0.381 e. The predicted octanol–water partition coefficient (Wildman–Crippen LogP) is 5.34.